The minimum Gasteiger partial charge on any atom is -0.382 e. The molecule has 0 radical (unpaired) electrons. The van der Waals surface area contributed by atoms with Crippen LogP contribution in [0.25, 0.3) is 5.82 Å². The average molecular weight is 545 g/mol. The van der Waals surface area contributed by atoms with Crippen molar-refractivity contribution < 1.29 is 5.11 Å². The Morgan fingerprint density at radius 3 is 1.80 bits per heavy atom. The van der Waals surface area contributed by atoms with Crippen molar-refractivity contribution in [1.82, 2.24) is 19.1 Å². The van der Waals surface area contributed by atoms with E-state index < -0.39 is 11.6 Å². The zero-order valence-corrected chi connectivity index (χ0v) is 22.1. The van der Waals surface area contributed by atoms with Gasteiger partial charge < -0.3 is 9.67 Å². The van der Waals surface area contributed by atoms with Crippen molar-refractivity contribution in [2.45, 2.75) is 11.6 Å². The minimum atomic E-state index is -1.03. The zero-order valence-electron chi connectivity index (χ0n) is 21.4. The first-order valence-corrected chi connectivity index (χ1v) is 13.2. The third-order valence-corrected chi connectivity index (χ3v) is 7.28. The first kappa shape index (κ1) is 25.5. The van der Waals surface area contributed by atoms with Gasteiger partial charge in [0.15, 0.2) is 0 Å². The minimum absolute atomic E-state index is 0.247. The number of halogens is 1. The van der Waals surface area contributed by atoms with Gasteiger partial charge in [-0.15, -0.1) is 0 Å². The standard InChI is InChI=1S/C33H25ClN4O2/c34-28-17-19-31(39)38(21-28)30-18-16-24(20-35-30)32(40)29-22-37(23-36-29)33(25-10-4-1-5-11-25,26-12-6-2-7-13-26)27-14-8-3-9-15-27/h1-23,32,40H. The molecule has 7 heteroatoms. The van der Waals surface area contributed by atoms with Crippen LogP contribution in [0.4, 0.5) is 0 Å². The van der Waals surface area contributed by atoms with Gasteiger partial charge in [-0.2, -0.15) is 0 Å². The molecule has 0 aliphatic rings. The van der Waals surface area contributed by atoms with E-state index in [-0.39, 0.29) is 5.56 Å². The van der Waals surface area contributed by atoms with Crippen LogP contribution in [0.2, 0.25) is 5.02 Å². The lowest BCUT2D eigenvalue weighted by Crippen LogP contribution is -2.37. The molecule has 0 aliphatic carbocycles. The lowest BCUT2D eigenvalue weighted by atomic mass is 9.77. The van der Waals surface area contributed by atoms with Crippen LogP contribution < -0.4 is 5.56 Å². The molecule has 0 aliphatic heterocycles. The Balaban J connectivity index is 1.44. The first-order chi connectivity index (χ1) is 19.6. The fraction of sp³-hybridized carbons (Fsp3) is 0.0606. The number of aliphatic hydroxyl groups is 1. The van der Waals surface area contributed by atoms with E-state index in [0.29, 0.717) is 22.1 Å². The van der Waals surface area contributed by atoms with Crippen LogP contribution in [-0.2, 0) is 5.54 Å². The van der Waals surface area contributed by atoms with Crippen molar-refractivity contribution in [3.05, 3.63) is 184 Å². The molecule has 1 unspecified atom stereocenters. The van der Waals surface area contributed by atoms with Crippen molar-refractivity contribution in [3.63, 3.8) is 0 Å². The second-order valence-electron chi connectivity index (χ2n) is 9.42. The van der Waals surface area contributed by atoms with E-state index in [0.717, 1.165) is 16.7 Å². The highest BCUT2D eigenvalue weighted by Crippen LogP contribution is 2.41. The van der Waals surface area contributed by atoms with Crippen molar-refractivity contribution >= 4 is 11.6 Å². The summed E-state index contributed by atoms with van der Waals surface area (Å²) in [5.41, 5.74) is 3.22. The number of hydrogen-bond donors (Lipinski definition) is 1. The molecule has 0 spiro atoms. The van der Waals surface area contributed by atoms with Gasteiger partial charge in [0, 0.05) is 30.2 Å². The molecule has 40 heavy (non-hydrogen) atoms. The Bertz CT molecular complexity index is 1690. The van der Waals surface area contributed by atoms with Crippen LogP contribution in [0.5, 0.6) is 0 Å². The number of hydrogen-bond acceptors (Lipinski definition) is 4. The van der Waals surface area contributed by atoms with Crippen LogP contribution in [0, 0.1) is 0 Å². The van der Waals surface area contributed by atoms with Gasteiger partial charge >= 0.3 is 0 Å². The topological polar surface area (TPSA) is 72.9 Å². The molecular formula is C33H25ClN4O2. The summed E-state index contributed by atoms with van der Waals surface area (Å²) in [6.45, 7) is 0. The molecule has 6 aromatic rings. The maximum atomic E-state index is 12.3. The second-order valence-corrected chi connectivity index (χ2v) is 9.86. The summed E-state index contributed by atoms with van der Waals surface area (Å²) in [4.78, 5) is 21.3. The molecule has 0 saturated heterocycles. The average Bonchev–Trinajstić information content (AvgIpc) is 3.51. The lowest BCUT2D eigenvalue weighted by molar-refractivity contribution is 0.215. The summed E-state index contributed by atoms with van der Waals surface area (Å²) in [5, 5.41) is 11.8. The monoisotopic (exact) mass is 544 g/mol. The van der Waals surface area contributed by atoms with Gasteiger partial charge in [-0.25, -0.2) is 9.97 Å². The number of imidazole rings is 1. The summed E-state index contributed by atoms with van der Waals surface area (Å²) >= 11 is 6.06. The Kier molecular flexibility index (Phi) is 6.86. The molecule has 1 atom stereocenters. The van der Waals surface area contributed by atoms with Crippen LogP contribution in [0.15, 0.2) is 145 Å². The molecule has 0 fully saturated rings. The van der Waals surface area contributed by atoms with E-state index in [9.17, 15) is 9.90 Å². The molecule has 6 nitrogen and oxygen atoms in total. The molecule has 1 N–H and O–H groups in total. The predicted molar refractivity (Wildman–Crippen MR) is 156 cm³/mol. The fourth-order valence-corrected chi connectivity index (χ4v) is 5.32. The molecule has 196 valence electrons. The molecule has 0 amide bonds. The molecule has 0 bridgehead atoms. The zero-order chi connectivity index (χ0) is 27.5. The summed E-state index contributed by atoms with van der Waals surface area (Å²) in [6.07, 6.45) is 5.68. The third-order valence-electron chi connectivity index (χ3n) is 7.05. The second kappa shape index (κ2) is 10.8. The van der Waals surface area contributed by atoms with Crippen molar-refractivity contribution in [3.8, 4) is 5.82 Å². The molecule has 3 aromatic heterocycles. The number of aromatic nitrogens is 4. The number of pyridine rings is 2. The SMILES string of the molecule is O=c1ccc(Cl)cn1-c1ccc(C(O)c2cn(C(c3ccccc3)(c3ccccc3)c3ccccc3)cn2)cn1. The molecular weight excluding hydrogens is 520 g/mol. The van der Waals surface area contributed by atoms with E-state index in [4.69, 9.17) is 11.6 Å². The maximum absolute atomic E-state index is 12.3. The van der Waals surface area contributed by atoms with Gasteiger partial charge in [-0.05, 0) is 28.8 Å². The normalized spacial score (nSPS) is 12.2. The highest BCUT2D eigenvalue weighted by Gasteiger charge is 2.38. The van der Waals surface area contributed by atoms with Gasteiger partial charge in [0.1, 0.15) is 17.5 Å². The highest BCUT2D eigenvalue weighted by molar-refractivity contribution is 6.30. The van der Waals surface area contributed by atoms with Gasteiger partial charge in [-0.1, -0.05) is 109 Å². The van der Waals surface area contributed by atoms with E-state index in [2.05, 4.69) is 50.9 Å². The quantitative estimate of drug-likeness (QED) is 0.250. The summed E-state index contributed by atoms with van der Waals surface area (Å²) in [7, 11) is 0. The van der Waals surface area contributed by atoms with Gasteiger partial charge in [0.2, 0.25) is 0 Å². The fourth-order valence-electron chi connectivity index (χ4n) is 5.16. The van der Waals surface area contributed by atoms with Crippen LogP contribution >= 0.6 is 11.6 Å². The van der Waals surface area contributed by atoms with Gasteiger partial charge in [0.05, 0.1) is 17.0 Å². The van der Waals surface area contributed by atoms with Crippen molar-refractivity contribution in [2.24, 2.45) is 0 Å². The summed E-state index contributed by atoms with van der Waals surface area (Å²) in [5.74, 6) is 0.408. The van der Waals surface area contributed by atoms with E-state index in [1.54, 1.807) is 24.7 Å². The Morgan fingerprint density at radius 1 is 0.700 bits per heavy atom. The lowest BCUT2D eigenvalue weighted by Gasteiger charge is -2.37. The predicted octanol–water partition coefficient (Wildman–Crippen LogP) is 6.00. The molecule has 0 saturated carbocycles. The van der Waals surface area contributed by atoms with Crippen LogP contribution in [-0.4, -0.2) is 24.2 Å². The number of aliphatic hydroxyl groups excluding tert-OH is 1. The van der Waals surface area contributed by atoms with E-state index >= 15 is 0 Å². The number of rotatable bonds is 7. The number of benzene rings is 3. The maximum Gasteiger partial charge on any atom is 0.256 e. The molecule has 3 heterocycles. The third kappa shape index (κ3) is 4.53. The first-order valence-electron chi connectivity index (χ1n) is 12.8. The Hall–Kier alpha value is -4.78. The van der Waals surface area contributed by atoms with Gasteiger partial charge in [0.25, 0.3) is 5.56 Å². The highest BCUT2D eigenvalue weighted by atomic mass is 35.5. The molecule has 3 aromatic carbocycles. The van der Waals surface area contributed by atoms with Gasteiger partial charge in [-0.3, -0.25) is 9.36 Å². The Labute approximate surface area is 236 Å². The summed E-state index contributed by atoms with van der Waals surface area (Å²) < 4.78 is 3.42. The summed E-state index contributed by atoms with van der Waals surface area (Å²) in [6, 6.07) is 37.2. The van der Waals surface area contributed by atoms with Crippen LogP contribution in [0.3, 0.4) is 0 Å². The smallest absolute Gasteiger partial charge is 0.256 e. The Morgan fingerprint density at radius 2 is 1.27 bits per heavy atom. The molecule has 6 rings (SSSR count). The van der Waals surface area contributed by atoms with Crippen LogP contribution in [0.1, 0.15) is 34.1 Å². The van der Waals surface area contributed by atoms with Crippen molar-refractivity contribution in [1.29, 1.82) is 0 Å². The largest absolute Gasteiger partial charge is 0.382 e. The van der Waals surface area contributed by atoms with E-state index in [1.165, 1.54) is 22.9 Å². The van der Waals surface area contributed by atoms with Crippen molar-refractivity contribution in [2.75, 3.05) is 0 Å². The van der Waals surface area contributed by atoms with E-state index in [1.807, 2.05) is 60.8 Å². The number of nitrogens with zero attached hydrogens (tertiary/aromatic N) is 4.